The largest absolute Gasteiger partial charge is 0.364 e. The molecule has 0 fully saturated rings. The van der Waals surface area contributed by atoms with Crippen molar-refractivity contribution < 1.29 is 8.78 Å². The average Bonchev–Trinajstić information content (AvgIpc) is 2.36. The van der Waals surface area contributed by atoms with Crippen LogP contribution in [0.5, 0.6) is 0 Å². The van der Waals surface area contributed by atoms with Gasteiger partial charge in [-0.05, 0) is 30.5 Å². The Labute approximate surface area is 117 Å². The summed E-state index contributed by atoms with van der Waals surface area (Å²) in [6.07, 6.45) is 1.82. The van der Waals surface area contributed by atoms with E-state index < -0.39 is 11.1 Å². The van der Waals surface area contributed by atoms with E-state index in [4.69, 9.17) is 17.3 Å². The standard InChI is InChI=1S/C13H20ClF2N3/c1-3-7-19(8-4-2)12-10(9-17)5-6-11(18-12)13(14,15)16/h5-6H,3-4,7-9,17H2,1-2H3. The molecule has 0 bridgehead atoms. The van der Waals surface area contributed by atoms with Crippen molar-refractivity contribution in [2.24, 2.45) is 5.73 Å². The van der Waals surface area contributed by atoms with Crippen LogP contribution in [0.25, 0.3) is 0 Å². The molecule has 0 amide bonds. The van der Waals surface area contributed by atoms with Crippen molar-refractivity contribution in [3.05, 3.63) is 23.4 Å². The molecule has 1 aromatic heterocycles. The molecule has 2 N–H and O–H groups in total. The lowest BCUT2D eigenvalue weighted by Gasteiger charge is -2.25. The van der Waals surface area contributed by atoms with Gasteiger partial charge in [-0.25, -0.2) is 4.98 Å². The zero-order valence-electron chi connectivity index (χ0n) is 11.3. The Morgan fingerprint density at radius 1 is 1.26 bits per heavy atom. The van der Waals surface area contributed by atoms with Crippen molar-refractivity contribution in [2.45, 2.75) is 38.6 Å². The van der Waals surface area contributed by atoms with E-state index in [1.807, 2.05) is 18.7 Å². The number of anilines is 1. The highest BCUT2D eigenvalue weighted by Crippen LogP contribution is 2.33. The van der Waals surface area contributed by atoms with Gasteiger partial charge in [0.25, 0.3) is 0 Å². The molecule has 0 aromatic carbocycles. The maximum Gasteiger partial charge on any atom is 0.364 e. The predicted octanol–water partition coefficient (Wildman–Crippen LogP) is 3.45. The lowest BCUT2D eigenvalue weighted by molar-refractivity contribution is 0.0900. The Hall–Kier alpha value is -0.940. The highest BCUT2D eigenvalue weighted by Gasteiger charge is 2.30. The van der Waals surface area contributed by atoms with Crippen LogP contribution in [0.4, 0.5) is 14.6 Å². The summed E-state index contributed by atoms with van der Waals surface area (Å²) in [4.78, 5) is 6.00. The maximum atomic E-state index is 13.2. The van der Waals surface area contributed by atoms with Gasteiger partial charge in [-0.3, -0.25) is 0 Å². The van der Waals surface area contributed by atoms with Crippen molar-refractivity contribution in [3.63, 3.8) is 0 Å². The molecule has 1 aromatic rings. The van der Waals surface area contributed by atoms with Crippen molar-refractivity contribution in [1.29, 1.82) is 0 Å². The SMILES string of the molecule is CCCN(CCC)c1nc(C(F)(F)Cl)ccc1CN. The molecule has 108 valence electrons. The first kappa shape index (κ1) is 16.1. The summed E-state index contributed by atoms with van der Waals surface area (Å²) < 4.78 is 26.3. The first-order chi connectivity index (χ1) is 8.93. The smallest absolute Gasteiger partial charge is 0.356 e. The maximum absolute atomic E-state index is 13.2. The van der Waals surface area contributed by atoms with Crippen molar-refractivity contribution in [3.8, 4) is 0 Å². The number of alkyl halides is 3. The van der Waals surface area contributed by atoms with Crippen LogP contribution >= 0.6 is 11.6 Å². The van der Waals surface area contributed by atoms with Gasteiger partial charge in [0.15, 0.2) is 0 Å². The molecule has 0 unspecified atom stereocenters. The van der Waals surface area contributed by atoms with E-state index in [1.54, 1.807) is 6.07 Å². The second-order valence-corrected chi connectivity index (χ2v) is 4.84. The third-order valence-corrected chi connectivity index (χ3v) is 2.95. The number of halogens is 3. The minimum Gasteiger partial charge on any atom is -0.356 e. The fourth-order valence-corrected chi connectivity index (χ4v) is 2.04. The lowest BCUT2D eigenvalue weighted by atomic mass is 10.2. The van der Waals surface area contributed by atoms with E-state index in [9.17, 15) is 8.78 Å². The molecule has 0 aliphatic carbocycles. The molecule has 0 saturated carbocycles. The highest BCUT2D eigenvalue weighted by molar-refractivity contribution is 6.21. The molecule has 19 heavy (non-hydrogen) atoms. The Morgan fingerprint density at radius 2 is 1.84 bits per heavy atom. The molecule has 0 radical (unpaired) electrons. The molecule has 0 atom stereocenters. The van der Waals surface area contributed by atoms with E-state index in [-0.39, 0.29) is 6.54 Å². The summed E-state index contributed by atoms with van der Waals surface area (Å²) in [7, 11) is 0. The van der Waals surface area contributed by atoms with Gasteiger partial charge >= 0.3 is 5.38 Å². The van der Waals surface area contributed by atoms with Gasteiger partial charge in [0.05, 0.1) is 0 Å². The molecular weight excluding hydrogens is 272 g/mol. The van der Waals surface area contributed by atoms with Gasteiger partial charge in [0.1, 0.15) is 11.5 Å². The molecule has 3 nitrogen and oxygen atoms in total. The number of aromatic nitrogens is 1. The fraction of sp³-hybridized carbons (Fsp3) is 0.615. The van der Waals surface area contributed by atoms with Gasteiger partial charge in [-0.1, -0.05) is 19.9 Å². The van der Waals surface area contributed by atoms with Crippen LogP contribution in [-0.2, 0) is 11.9 Å². The second-order valence-electron chi connectivity index (χ2n) is 4.37. The second kappa shape index (κ2) is 7.01. The number of hydrogen-bond donors (Lipinski definition) is 1. The van der Waals surface area contributed by atoms with E-state index in [2.05, 4.69) is 4.98 Å². The Morgan fingerprint density at radius 3 is 2.26 bits per heavy atom. The van der Waals surface area contributed by atoms with Crippen LogP contribution in [0, 0.1) is 0 Å². The number of nitrogens with zero attached hydrogens (tertiary/aromatic N) is 2. The van der Waals surface area contributed by atoms with E-state index >= 15 is 0 Å². The Bertz CT molecular complexity index is 401. The van der Waals surface area contributed by atoms with Crippen molar-refractivity contribution in [1.82, 2.24) is 4.98 Å². The fourth-order valence-electron chi connectivity index (χ4n) is 1.93. The zero-order valence-corrected chi connectivity index (χ0v) is 12.1. The molecule has 0 aliphatic heterocycles. The minimum absolute atomic E-state index is 0.264. The van der Waals surface area contributed by atoms with Crippen LogP contribution in [-0.4, -0.2) is 18.1 Å². The van der Waals surface area contributed by atoms with Gasteiger partial charge < -0.3 is 10.6 Å². The summed E-state index contributed by atoms with van der Waals surface area (Å²) in [6, 6.07) is 2.81. The molecule has 0 spiro atoms. The van der Waals surface area contributed by atoms with E-state index in [0.717, 1.165) is 31.5 Å². The Balaban J connectivity index is 3.19. The predicted molar refractivity (Wildman–Crippen MR) is 74.7 cm³/mol. The molecule has 0 aliphatic rings. The van der Waals surface area contributed by atoms with Crippen LogP contribution < -0.4 is 10.6 Å². The third kappa shape index (κ3) is 4.28. The van der Waals surface area contributed by atoms with Gasteiger partial charge in [0, 0.05) is 25.2 Å². The monoisotopic (exact) mass is 291 g/mol. The van der Waals surface area contributed by atoms with Crippen molar-refractivity contribution in [2.75, 3.05) is 18.0 Å². The molecule has 1 heterocycles. The quantitative estimate of drug-likeness (QED) is 0.782. The van der Waals surface area contributed by atoms with Gasteiger partial charge in [-0.2, -0.15) is 8.78 Å². The lowest BCUT2D eigenvalue weighted by Crippen LogP contribution is -2.28. The van der Waals surface area contributed by atoms with E-state index in [0.29, 0.717) is 5.82 Å². The molecular formula is C13H20ClF2N3. The summed E-state index contributed by atoms with van der Waals surface area (Å²) >= 11 is 5.04. The first-order valence-corrected chi connectivity index (χ1v) is 6.83. The minimum atomic E-state index is -3.45. The topological polar surface area (TPSA) is 42.2 Å². The third-order valence-electron chi connectivity index (χ3n) is 2.75. The average molecular weight is 292 g/mol. The number of pyridine rings is 1. The summed E-state index contributed by atoms with van der Waals surface area (Å²) in [6.45, 7) is 5.84. The van der Waals surface area contributed by atoms with Crippen LogP contribution in [0.1, 0.15) is 37.9 Å². The van der Waals surface area contributed by atoms with Gasteiger partial charge in [0.2, 0.25) is 0 Å². The van der Waals surface area contributed by atoms with Crippen molar-refractivity contribution >= 4 is 17.4 Å². The first-order valence-electron chi connectivity index (χ1n) is 6.46. The van der Waals surface area contributed by atoms with E-state index in [1.165, 1.54) is 6.07 Å². The zero-order chi connectivity index (χ0) is 14.5. The summed E-state index contributed by atoms with van der Waals surface area (Å²) in [5.74, 6) is 0.518. The van der Waals surface area contributed by atoms with Crippen LogP contribution in [0.3, 0.4) is 0 Å². The molecule has 6 heteroatoms. The summed E-state index contributed by atoms with van der Waals surface area (Å²) in [5.41, 5.74) is 5.98. The van der Waals surface area contributed by atoms with Crippen LogP contribution in [0.15, 0.2) is 12.1 Å². The summed E-state index contributed by atoms with van der Waals surface area (Å²) in [5, 5.41) is -3.45. The van der Waals surface area contributed by atoms with Crippen LogP contribution in [0.2, 0.25) is 0 Å². The molecule has 0 saturated heterocycles. The normalized spacial score (nSPS) is 11.7. The number of nitrogens with two attached hydrogens (primary N) is 1. The number of rotatable bonds is 7. The van der Waals surface area contributed by atoms with Gasteiger partial charge in [-0.15, -0.1) is 0 Å². The molecule has 1 rings (SSSR count). The Kier molecular flexibility index (Phi) is 5.94. The number of hydrogen-bond acceptors (Lipinski definition) is 3. The highest BCUT2D eigenvalue weighted by atomic mass is 35.5.